The molecule has 6 N–H and O–H groups in total. The van der Waals surface area contributed by atoms with Crippen LogP contribution in [0.15, 0.2) is 0 Å². The average Bonchev–Trinajstić information content (AvgIpc) is 1.35. The molecule has 46 valence electrons. The van der Waals surface area contributed by atoms with Crippen LogP contribution in [0.25, 0.3) is 0 Å². The van der Waals surface area contributed by atoms with Crippen LogP contribution in [0, 0.1) is 0 Å². The molecule has 0 saturated carbocycles. The molecular weight excluding hydrogens is 114 g/mol. The molecule has 0 bridgehead atoms. The van der Waals surface area contributed by atoms with Crippen molar-refractivity contribution < 1.29 is 15.1 Å². The number of hydrogen-bond acceptors (Lipinski definition) is 3. The molecule has 0 aromatic heterocycles. The van der Waals surface area contributed by atoms with Crippen molar-refractivity contribution in [1.82, 2.24) is 0 Å². The van der Waals surface area contributed by atoms with Gasteiger partial charge in [-0.1, -0.05) is 0 Å². The van der Waals surface area contributed by atoms with Crippen LogP contribution in [-0.4, -0.2) is 30.9 Å². The molecule has 0 fully saturated rings. The van der Waals surface area contributed by atoms with Crippen LogP contribution in [0.3, 0.4) is 0 Å². The molecule has 0 heterocycles. The first-order valence-electron chi connectivity index (χ1n) is 1.83. The van der Waals surface area contributed by atoms with E-state index in [9.17, 15) is 0 Å². The SMILES string of the molecule is NCC[SiH](O)O.O. The van der Waals surface area contributed by atoms with Gasteiger partial charge in [-0.05, 0) is 6.54 Å². The van der Waals surface area contributed by atoms with Gasteiger partial charge in [0, 0.05) is 6.04 Å². The Hall–Kier alpha value is 0.0569. The van der Waals surface area contributed by atoms with E-state index in [1.807, 2.05) is 0 Å². The summed E-state index contributed by atoms with van der Waals surface area (Å²) in [5.74, 6) is 0. The highest BCUT2D eigenvalue weighted by atomic mass is 28.3. The molecule has 0 amide bonds. The zero-order valence-electron chi connectivity index (χ0n) is 3.96. The van der Waals surface area contributed by atoms with Crippen LogP contribution in [0.1, 0.15) is 0 Å². The Labute approximate surface area is 43.7 Å². The standard InChI is InChI=1S/C2H9NO2Si.H2O/c3-1-2-6(4)5;/h4-6H,1-3H2;1H2. The van der Waals surface area contributed by atoms with E-state index >= 15 is 0 Å². The van der Waals surface area contributed by atoms with Crippen molar-refractivity contribution >= 4 is 9.28 Å². The molecule has 0 atom stereocenters. The molecule has 0 aromatic rings. The second-order valence-electron chi connectivity index (χ2n) is 1.06. The summed E-state index contributed by atoms with van der Waals surface area (Å²) in [4.78, 5) is 16.3. The second-order valence-corrected chi connectivity index (χ2v) is 2.60. The first kappa shape index (κ1) is 10.1. The number of rotatable bonds is 2. The lowest BCUT2D eigenvalue weighted by molar-refractivity contribution is 0.406. The third-order valence-corrected chi connectivity index (χ3v) is 1.27. The van der Waals surface area contributed by atoms with Gasteiger partial charge >= 0.3 is 9.28 Å². The van der Waals surface area contributed by atoms with Gasteiger partial charge in [-0.3, -0.25) is 0 Å². The lowest BCUT2D eigenvalue weighted by Crippen LogP contribution is -2.15. The minimum absolute atomic E-state index is 0. The van der Waals surface area contributed by atoms with E-state index in [0.717, 1.165) is 0 Å². The minimum atomic E-state index is -2.30. The van der Waals surface area contributed by atoms with Gasteiger partial charge in [-0.15, -0.1) is 0 Å². The Balaban J connectivity index is 0. The molecule has 0 spiro atoms. The topological polar surface area (TPSA) is 98.0 Å². The molecule has 0 radical (unpaired) electrons. The van der Waals surface area contributed by atoms with Crippen LogP contribution in [0.2, 0.25) is 6.04 Å². The lowest BCUT2D eigenvalue weighted by atomic mass is 10.8. The first-order valence-corrected chi connectivity index (χ1v) is 3.68. The molecular formula is C2H11NO3Si. The largest absolute Gasteiger partial charge is 0.413 e. The fourth-order valence-corrected chi connectivity index (χ4v) is 0.447. The zero-order valence-corrected chi connectivity index (χ0v) is 5.12. The summed E-state index contributed by atoms with van der Waals surface area (Å²) in [5.41, 5.74) is 4.94. The normalized spacial score (nSPS) is 8.57. The minimum Gasteiger partial charge on any atom is -0.413 e. The maximum atomic E-state index is 8.17. The molecule has 0 rings (SSSR count). The predicted octanol–water partition coefficient (Wildman–Crippen LogP) is -2.67. The van der Waals surface area contributed by atoms with Gasteiger partial charge in [0.05, 0.1) is 0 Å². The summed E-state index contributed by atoms with van der Waals surface area (Å²) < 4.78 is 0. The Morgan fingerprint density at radius 2 is 1.86 bits per heavy atom. The van der Waals surface area contributed by atoms with Gasteiger partial charge in [0.2, 0.25) is 0 Å². The van der Waals surface area contributed by atoms with E-state index in [1.165, 1.54) is 0 Å². The molecule has 0 aliphatic heterocycles. The van der Waals surface area contributed by atoms with E-state index in [4.69, 9.17) is 15.3 Å². The highest BCUT2D eigenvalue weighted by molar-refractivity contribution is 6.41. The van der Waals surface area contributed by atoms with Gasteiger partial charge in [0.25, 0.3) is 0 Å². The van der Waals surface area contributed by atoms with Crippen LogP contribution in [0.4, 0.5) is 0 Å². The van der Waals surface area contributed by atoms with Crippen molar-refractivity contribution in [2.24, 2.45) is 5.73 Å². The number of nitrogens with two attached hydrogens (primary N) is 1. The molecule has 0 aromatic carbocycles. The Morgan fingerprint density at radius 1 is 1.43 bits per heavy atom. The van der Waals surface area contributed by atoms with Crippen LogP contribution < -0.4 is 5.73 Å². The first-order chi connectivity index (χ1) is 2.77. The van der Waals surface area contributed by atoms with Crippen molar-refractivity contribution in [3.8, 4) is 0 Å². The fraction of sp³-hybridized carbons (Fsp3) is 1.00. The summed E-state index contributed by atoms with van der Waals surface area (Å²) in [6.45, 7) is 0.393. The van der Waals surface area contributed by atoms with Crippen LogP contribution in [-0.2, 0) is 0 Å². The molecule has 0 aliphatic rings. The average molecular weight is 125 g/mol. The van der Waals surface area contributed by atoms with E-state index in [1.54, 1.807) is 0 Å². The zero-order chi connectivity index (χ0) is 4.99. The summed E-state index contributed by atoms with van der Waals surface area (Å²) in [6.07, 6.45) is 0. The number of hydrogen-bond donors (Lipinski definition) is 3. The van der Waals surface area contributed by atoms with E-state index in [-0.39, 0.29) is 5.48 Å². The Kier molecular flexibility index (Phi) is 8.76. The lowest BCUT2D eigenvalue weighted by Gasteiger charge is -1.91. The molecule has 5 heteroatoms. The molecule has 4 nitrogen and oxygen atoms in total. The highest BCUT2D eigenvalue weighted by Crippen LogP contribution is 1.74. The fourth-order valence-electron chi connectivity index (χ4n) is 0.149. The van der Waals surface area contributed by atoms with Crippen LogP contribution >= 0.6 is 0 Å². The quantitative estimate of drug-likeness (QED) is 0.351. The molecule has 7 heavy (non-hydrogen) atoms. The van der Waals surface area contributed by atoms with Gasteiger partial charge in [0.15, 0.2) is 0 Å². The highest BCUT2D eigenvalue weighted by Gasteiger charge is 1.95. The Morgan fingerprint density at radius 3 is 1.86 bits per heavy atom. The van der Waals surface area contributed by atoms with Crippen LogP contribution in [0.5, 0.6) is 0 Å². The van der Waals surface area contributed by atoms with Gasteiger partial charge in [-0.25, -0.2) is 0 Å². The summed E-state index contributed by atoms with van der Waals surface area (Å²) in [5, 5.41) is 0. The predicted molar refractivity (Wildman–Crippen MR) is 29.1 cm³/mol. The maximum Gasteiger partial charge on any atom is 0.317 e. The smallest absolute Gasteiger partial charge is 0.317 e. The monoisotopic (exact) mass is 125 g/mol. The summed E-state index contributed by atoms with van der Waals surface area (Å²) >= 11 is 0. The van der Waals surface area contributed by atoms with Crippen molar-refractivity contribution in [2.45, 2.75) is 6.04 Å². The Bertz CT molecular complexity index is 34.1. The van der Waals surface area contributed by atoms with Crippen molar-refractivity contribution in [1.29, 1.82) is 0 Å². The third kappa shape index (κ3) is 10.7. The van der Waals surface area contributed by atoms with E-state index < -0.39 is 9.28 Å². The van der Waals surface area contributed by atoms with E-state index in [0.29, 0.717) is 12.6 Å². The van der Waals surface area contributed by atoms with Gasteiger partial charge < -0.3 is 20.8 Å². The third-order valence-electron chi connectivity index (χ3n) is 0.425. The second kappa shape index (κ2) is 6.06. The molecule has 0 saturated heterocycles. The summed E-state index contributed by atoms with van der Waals surface area (Å²) in [7, 11) is -2.30. The van der Waals surface area contributed by atoms with Gasteiger partial charge in [-0.2, -0.15) is 0 Å². The maximum absolute atomic E-state index is 8.17. The van der Waals surface area contributed by atoms with Crippen molar-refractivity contribution in [3.63, 3.8) is 0 Å². The van der Waals surface area contributed by atoms with Crippen molar-refractivity contribution in [2.75, 3.05) is 6.54 Å². The molecule has 0 aliphatic carbocycles. The van der Waals surface area contributed by atoms with Gasteiger partial charge in [0.1, 0.15) is 0 Å². The molecule has 0 unspecified atom stereocenters. The summed E-state index contributed by atoms with van der Waals surface area (Å²) in [6, 6.07) is 0.403. The van der Waals surface area contributed by atoms with Crippen molar-refractivity contribution in [3.05, 3.63) is 0 Å². The van der Waals surface area contributed by atoms with E-state index in [2.05, 4.69) is 0 Å².